The van der Waals surface area contributed by atoms with E-state index in [1.807, 2.05) is 23.6 Å². The molecular formula is C10H10BrN3OS. The number of nitrogens with one attached hydrogen (secondary N) is 1. The van der Waals surface area contributed by atoms with Gasteiger partial charge < -0.3 is 10.2 Å². The zero-order valence-electron chi connectivity index (χ0n) is 8.53. The maximum absolute atomic E-state index is 5.30. The molecule has 16 heavy (non-hydrogen) atoms. The summed E-state index contributed by atoms with van der Waals surface area (Å²) in [5, 5.41) is 2.72. The standard InChI is InChI=1S/C10H10BrN3OS/c1-15-8-3-2-6(11)4-7(8)10-13-9(14-12)5-16-10/h2-5,14H,12H2,1H3. The summed E-state index contributed by atoms with van der Waals surface area (Å²) in [5.41, 5.74) is 3.46. The highest BCUT2D eigenvalue weighted by molar-refractivity contribution is 9.10. The van der Waals surface area contributed by atoms with Crippen LogP contribution in [0.1, 0.15) is 0 Å². The minimum absolute atomic E-state index is 0.655. The fourth-order valence-electron chi connectivity index (χ4n) is 1.31. The Morgan fingerprint density at radius 3 is 2.94 bits per heavy atom. The number of halogens is 1. The molecule has 2 rings (SSSR count). The molecule has 0 radical (unpaired) electrons. The second-order valence-corrected chi connectivity index (χ2v) is 4.80. The molecule has 3 N–H and O–H groups in total. The minimum Gasteiger partial charge on any atom is -0.496 e. The van der Waals surface area contributed by atoms with Gasteiger partial charge in [-0.25, -0.2) is 10.8 Å². The summed E-state index contributed by atoms with van der Waals surface area (Å²) in [6, 6.07) is 5.80. The largest absolute Gasteiger partial charge is 0.496 e. The van der Waals surface area contributed by atoms with E-state index < -0.39 is 0 Å². The Morgan fingerprint density at radius 2 is 2.31 bits per heavy atom. The van der Waals surface area contributed by atoms with Crippen molar-refractivity contribution in [1.82, 2.24) is 4.98 Å². The summed E-state index contributed by atoms with van der Waals surface area (Å²) in [4.78, 5) is 4.33. The number of thiazole rings is 1. The quantitative estimate of drug-likeness (QED) is 0.676. The Labute approximate surface area is 106 Å². The minimum atomic E-state index is 0.655. The molecule has 0 unspecified atom stereocenters. The van der Waals surface area contributed by atoms with Crippen molar-refractivity contribution in [3.05, 3.63) is 28.1 Å². The summed E-state index contributed by atoms with van der Waals surface area (Å²) in [6.07, 6.45) is 0. The van der Waals surface area contributed by atoms with Crippen molar-refractivity contribution in [3.63, 3.8) is 0 Å². The van der Waals surface area contributed by atoms with Crippen molar-refractivity contribution >= 4 is 33.1 Å². The first-order valence-corrected chi connectivity index (χ1v) is 6.18. The number of hydrazine groups is 1. The average Bonchev–Trinajstić information content (AvgIpc) is 2.77. The maximum atomic E-state index is 5.30. The van der Waals surface area contributed by atoms with Gasteiger partial charge in [0.15, 0.2) is 5.82 Å². The SMILES string of the molecule is COc1ccc(Br)cc1-c1nc(NN)cs1. The van der Waals surface area contributed by atoms with E-state index in [1.54, 1.807) is 7.11 Å². The zero-order chi connectivity index (χ0) is 11.5. The van der Waals surface area contributed by atoms with Gasteiger partial charge in [0.1, 0.15) is 10.8 Å². The van der Waals surface area contributed by atoms with Gasteiger partial charge in [-0.3, -0.25) is 0 Å². The number of nitrogen functional groups attached to an aromatic ring is 1. The lowest BCUT2D eigenvalue weighted by atomic mass is 10.2. The summed E-state index contributed by atoms with van der Waals surface area (Å²) >= 11 is 4.94. The van der Waals surface area contributed by atoms with Gasteiger partial charge in [0.25, 0.3) is 0 Å². The predicted octanol–water partition coefficient (Wildman–Crippen LogP) is 2.87. The van der Waals surface area contributed by atoms with Gasteiger partial charge in [0.2, 0.25) is 0 Å². The zero-order valence-corrected chi connectivity index (χ0v) is 10.9. The predicted molar refractivity (Wildman–Crippen MR) is 69.6 cm³/mol. The van der Waals surface area contributed by atoms with Crippen molar-refractivity contribution in [2.45, 2.75) is 0 Å². The first kappa shape index (κ1) is 11.4. The maximum Gasteiger partial charge on any atom is 0.151 e. The molecule has 1 aromatic heterocycles. The van der Waals surface area contributed by atoms with E-state index in [0.29, 0.717) is 5.82 Å². The van der Waals surface area contributed by atoms with Crippen molar-refractivity contribution < 1.29 is 4.74 Å². The summed E-state index contributed by atoms with van der Waals surface area (Å²) in [7, 11) is 1.64. The first-order chi connectivity index (χ1) is 7.74. The van der Waals surface area contributed by atoms with Crippen molar-refractivity contribution in [2.24, 2.45) is 5.84 Å². The van der Waals surface area contributed by atoms with E-state index in [-0.39, 0.29) is 0 Å². The number of anilines is 1. The van der Waals surface area contributed by atoms with Gasteiger partial charge in [-0.05, 0) is 18.2 Å². The Hall–Kier alpha value is -1.11. The third kappa shape index (κ3) is 2.18. The number of benzene rings is 1. The lowest BCUT2D eigenvalue weighted by molar-refractivity contribution is 0.416. The van der Waals surface area contributed by atoms with E-state index in [2.05, 4.69) is 26.3 Å². The number of hydrogen-bond donors (Lipinski definition) is 2. The van der Waals surface area contributed by atoms with E-state index in [4.69, 9.17) is 10.6 Å². The Kier molecular flexibility index (Phi) is 3.42. The molecule has 0 aliphatic carbocycles. The van der Waals surface area contributed by atoms with Gasteiger partial charge in [-0.15, -0.1) is 11.3 Å². The van der Waals surface area contributed by atoms with Crippen LogP contribution in [0, 0.1) is 0 Å². The molecule has 0 fully saturated rings. The van der Waals surface area contributed by atoms with Gasteiger partial charge in [0.05, 0.1) is 12.7 Å². The highest BCUT2D eigenvalue weighted by Gasteiger charge is 2.10. The molecule has 0 aliphatic heterocycles. The molecule has 2 aromatic rings. The first-order valence-electron chi connectivity index (χ1n) is 4.50. The van der Waals surface area contributed by atoms with E-state index in [0.717, 1.165) is 20.8 Å². The van der Waals surface area contributed by atoms with E-state index in [9.17, 15) is 0 Å². The van der Waals surface area contributed by atoms with Crippen LogP contribution in [0.3, 0.4) is 0 Å². The molecule has 0 saturated carbocycles. The Balaban J connectivity index is 2.49. The molecule has 0 atom stereocenters. The number of hydrogen-bond acceptors (Lipinski definition) is 5. The summed E-state index contributed by atoms with van der Waals surface area (Å²) in [5.74, 6) is 6.74. The van der Waals surface area contributed by atoms with Crippen molar-refractivity contribution in [2.75, 3.05) is 12.5 Å². The Bertz CT molecular complexity index is 501. The molecule has 1 aromatic carbocycles. The monoisotopic (exact) mass is 299 g/mol. The summed E-state index contributed by atoms with van der Waals surface area (Å²) in [6.45, 7) is 0. The molecule has 0 amide bonds. The van der Waals surface area contributed by atoms with Crippen LogP contribution in [0.15, 0.2) is 28.1 Å². The third-order valence-electron chi connectivity index (χ3n) is 2.04. The van der Waals surface area contributed by atoms with Gasteiger partial charge >= 0.3 is 0 Å². The number of nitrogens with zero attached hydrogens (tertiary/aromatic N) is 1. The van der Waals surface area contributed by atoms with Gasteiger partial charge in [-0.1, -0.05) is 15.9 Å². The van der Waals surface area contributed by atoms with E-state index >= 15 is 0 Å². The lowest BCUT2D eigenvalue weighted by Gasteiger charge is -2.05. The molecule has 4 nitrogen and oxygen atoms in total. The second kappa shape index (κ2) is 4.82. The molecule has 1 heterocycles. The normalized spacial score (nSPS) is 10.2. The van der Waals surface area contributed by atoms with Gasteiger partial charge in [-0.2, -0.15) is 0 Å². The van der Waals surface area contributed by atoms with Crippen molar-refractivity contribution in [3.8, 4) is 16.3 Å². The smallest absolute Gasteiger partial charge is 0.151 e. The van der Waals surface area contributed by atoms with Crippen LogP contribution in [0.2, 0.25) is 0 Å². The Morgan fingerprint density at radius 1 is 1.50 bits per heavy atom. The van der Waals surface area contributed by atoms with Crippen molar-refractivity contribution in [1.29, 1.82) is 0 Å². The van der Waals surface area contributed by atoms with Crippen LogP contribution >= 0.6 is 27.3 Å². The number of rotatable bonds is 3. The highest BCUT2D eigenvalue weighted by Crippen LogP contribution is 2.35. The molecule has 84 valence electrons. The number of methoxy groups -OCH3 is 1. The molecule has 6 heteroatoms. The van der Waals surface area contributed by atoms with E-state index in [1.165, 1.54) is 11.3 Å². The number of aromatic nitrogens is 1. The fourth-order valence-corrected chi connectivity index (χ4v) is 2.45. The molecular weight excluding hydrogens is 290 g/mol. The van der Waals surface area contributed by atoms with Crippen LogP contribution in [0.25, 0.3) is 10.6 Å². The summed E-state index contributed by atoms with van der Waals surface area (Å²) < 4.78 is 6.28. The molecule has 0 saturated heterocycles. The molecule has 0 spiro atoms. The second-order valence-electron chi connectivity index (χ2n) is 3.03. The van der Waals surface area contributed by atoms with Crippen LogP contribution in [0.5, 0.6) is 5.75 Å². The third-order valence-corrected chi connectivity index (χ3v) is 3.41. The highest BCUT2D eigenvalue weighted by atomic mass is 79.9. The van der Waals surface area contributed by atoms with Gasteiger partial charge in [0, 0.05) is 9.85 Å². The van der Waals surface area contributed by atoms with Crippen LogP contribution in [-0.2, 0) is 0 Å². The average molecular weight is 300 g/mol. The fraction of sp³-hybridized carbons (Fsp3) is 0.100. The molecule has 0 aliphatic rings. The van der Waals surface area contributed by atoms with Crippen LogP contribution in [-0.4, -0.2) is 12.1 Å². The van der Waals surface area contributed by atoms with Crippen LogP contribution in [0.4, 0.5) is 5.82 Å². The number of ether oxygens (including phenoxy) is 1. The molecule has 0 bridgehead atoms. The number of nitrogens with two attached hydrogens (primary N) is 1. The van der Waals surface area contributed by atoms with Crippen LogP contribution < -0.4 is 16.0 Å². The topological polar surface area (TPSA) is 60.2 Å². The lowest BCUT2D eigenvalue weighted by Crippen LogP contribution is -2.06.